The van der Waals surface area contributed by atoms with Crippen LogP contribution in [0.1, 0.15) is 30.0 Å². The van der Waals surface area contributed by atoms with Gasteiger partial charge in [-0.1, -0.05) is 0 Å². The topological polar surface area (TPSA) is 110 Å². The Balaban J connectivity index is 2.13. The minimum atomic E-state index is -4.70. The number of nitrogens with zero attached hydrogens (tertiary/aromatic N) is 4. The zero-order valence-electron chi connectivity index (χ0n) is 12.5. The molecule has 0 atom stereocenters. The maximum Gasteiger partial charge on any atom is 0.451 e. The summed E-state index contributed by atoms with van der Waals surface area (Å²) >= 11 is 0. The highest BCUT2D eigenvalue weighted by atomic mass is 19.4. The van der Waals surface area contributed by atoms with Gasteiger partial charge in [-0.05, 0) is 13.8 Å². The highest BCUT2D eigenvalue weighted by molar-refractivity contribution is 6.03. The Morgan fingerprint density at radius 1 is 1.17 bits per heavy atom. The van der Waals surface area contributed by atoms with Gasteiger partial charge in [-0.3, -0.25) is 9.48 Å². The third-order valence-electron chi connectivity index (χ3n) is 3.10. The first kappa shape index (κ1) is 17.4. The molecule has 24 heavy (non-hydrogen) atoms. The lowest BCUT2D eigenvalue weighted by Crippen LogP contribution is -2.35. The molecule has 2 heterocycles. The average molecular weight is 343 g/mol. The first-order valence-electron chi connectivity index (χ1n) is 6.51. The monoisotopic (exact) mass is 343 g/mol. The largest absolute Gasteiger partial charge is 0.479 e. The molecule has 0 bridgehead atoms. The number of alkyl halides is 3. The van der Waals surface area contributed by atoms with Gasteiger partial charge in [0.25, 0.3) is 5.91 Å². The summed E-state index contributed by atoms with van der Waals surface area (Å²) in [5.74, 6) is -3.23. The van der Waals surface area contributed by atoms with E-state index >= 15 is 0 Å². The van der Waals surface area contributed by atoms with Crippen LogP contribution in [-0.2, 0) is 16.5 Å². The zero-order valence-corrected chi connectivity index (χ0v) is 12.5. The molecule has 2 aromatic heterocycles. The fourth-order valence-electron chi connectivity index (χ4n) is 1.59. The Labute approximate surface area is 133 Å². The van der Waals surface area contributed by atoms with Crippen molar-refractivity contribution in [3.63, 3.8) is 0 Å². The van der Waals surface area contributed by atoms with E-state index in [1.165, 1.54) is 26.2 Å². The van der Waals surface area contributed by atoms with E-state index in [2.05, 4.69) is 20.4 Å². The minimum absolute atomic E-state index is 0.175. The highest BCUT2D eigenvalue weighted by Gasteiger charge is 2.34. The van der Waals surface area contributed by atoms with Crippen molar-refractivity contribution in [2.75, 3.05) is 5.32 Å². The van der Waals surface area contributed by atoms with Crippen molar-refractivity contribution >= 4 is 17.6 Å². The molecule has 0 saturated heterocycles. The first-order valence-corrected chi connectivity index (χ1v) is 6.51. The Bertz CT molecular complexity index is 768. The molecule has 2 aromatic rings. The first-order chi connectivity index (χ1) is 11.0. The average Bonchev–Trinajstić information content (AvgIpc) is 2.95. The lowest BCUT2D eigenvalue weighted by molar-refractivity contribution is -0.146. The number of amides is 1. The zero-order chi connectivity index (χ0) is 18.1. The molecule has 8 nitrogen and oxygen atoms in total. The maximum absolute atomic E-state index is 12.4. The number of aromatic nitrogens is 4. The molecular formula is C13H12F3N5O3. The van der Waals surface area contributed by atoms with Crippen molar-refractivity contribution < 1.29 is 27.9 Å². The van der Waals surface area contributed by atoms with E-state index in [1.54, 1.807) is 0 Å². The van der Waals surface area contributed by atoms with Crippen molar-refractivity contribution in [3.8, 4) is 0 Å². The summed E-state index contributed by atoms with van der Waals surface area (Å²) in [4.78, 5) is 29.2. The van der Waals surface area contributed by atoms with Crippen LogP contribution >= 0.6 is 0 Å². The van der Waals surface area contributed by atoms with Crippen molar-refractivity contribution in [3.05, 3.63) is 36.2 Å². The second-order valence-electron chi connectivity index (χ2n) is 5.28. The van der Waals surface area contributed by atoms with Crippen LogP contribution in [0.3, 0.4) is 0 Å². The fraction of sp³-hybridized carbons (Fsp3) is 0.308. The number of rotatable bonds is 4. The van der Waals surface area contributed by atoms with E-state index in [4.69, 9.17) is 5.11 Å². The third-order valence-corrected chi connectivity index (χ3v) is 3.10. The molecule has 11 heteroatoms. The van der Waals surface area contributed by atoms with Gasteiger partial charge >= 0.3 is 12.1 Å². The molecule has 0 fully saturated rings. The molecule has 0 aliphatic heterocycles. The van der Waals surface area contributed by atoms with E-state index in [0.29, 0.717) is 0 Å². The molecule has 128 valence electrons. The molecule has 1 amide bonds. The number of hydrogen-bond donors (Lipinski definition) is 2. The molecule has 0 aromatic carbocycles. The van der Waals surface area contributed by atoms with Gasteiger partial charge in [-0.2, -0.15) is 18.3 Å². The number of anilines is 1. The normalized spacial score (nSPS) is 12.0. The van der Waals surface area contributed by atoms with Gasteiger partial charge in [0.15, 0.2) is 5.54 Å². The molecule has 0 spiro atoms. The van der Waals surface area contributed by atoms with E-state index in [9.17, 15) is 22.8 Å². The van der Waals surface area contributed by atoms with Gasteiger partial charge < -0.3 is 10.4 Å². The highest BCUT2D eigenvalue weighted by Crippen LogP contribution is 2.25. The Morgan fingerprint density at radius 2 is 1.75 bits per heavy atom. The van der Waals surface area contributed by atoms with E-state index in [0.717, 1.165) is 17.1 Å². The third kappa shape index (κ3) is 3.50. The van der Waals surface area contributed by atoms with Crippen LogP contribution in [0.5, 0.6) is 0 Å². The van der Waals surface area contributed by atoms with E-state index in [1.807, 2.05) is 0 Å². The number of carbonyl (C=O) groups excluding carboxylic acids is 1. The standard InChI is InChI=1S/C13H12F3N5O3/c1-12(2,11(23)24)21-6-8(5-19-21)20-9(22)7-3-17-10(18-4-7)13(14,15)16/h3-6H,1-2H3,(H,20,22)(H,23,24). The number of carboxylic acids is 1. The van der Waals surface area contributed by atoms with E-state index < -0.39 is 29.4 Å². The second kappa shape index (κ2) is 5.91. The summed E-state index contributed by atoms with van der Waals surface area (Å²) in [5, 5.41) is 15.3. The van der Waals surface area contributed by atoms with Crippen molar-refractivity contribution in [1.82, 2.24) is 19.7 Å². The number of nitrogens with one attached hydrogen (secondary N) is 1. The Morgan fingerprint density at radius 3 is 2.25 bits per heavy atom. The molecule has 0 radical (unpaired) electrons. The number of aliphatic carboxylic acids is 1. The summed E-state index contributed by atoms with van der Waals surface area (Å²) < 4.78 is 38.2. The summed E-state index contributed by atoms with van der Waals surface area (Å²) in [7, 11) is 0. The quantitative estimate of drug-likeness (QED) is 0.875. The molecular weight excluding hydrogens is 331 g/mol. The summed E-state index contributed by atoms with van der Waals surface area (Å²) in [6.07, 6.45) is -0.698. The second-order valence-corrected chi connectivity index (χ2v) is 5.28. The van der Waals surface area contributed by atoms with Crippen molar-refractivity contribution in [1.29, 1.82) is 0 Å². The van der Waals surface area contributed by atoms with Gasteiger partial charge in [-0.25, -0.2) is 14.8 Å². The fourth-order valence-corrected chi connectivity index (χ4v) is 1.59. The smallest absolute Gasteiger partial charge is 0.451 e. The maximum atomic E-state index is 12.4. The molecule has 0 saturated carbocycles. The van der Waals surface area contributed by atoms with Gasteiger partial charge in [-0.15, -0.1) is 0 Å². The molecule has 2 rings (SSSR count). The number of carboxylic acid groups (broad SMARTS) is 1. The summed E-state index contributed by atoms with van der Waals surface area (Å²) in [5.41, 5.74) is -1.34. The van der Waals surface area contributed by atoms with Crippen LogP contribution in [0, 0.1) is 0 Å². The minimum Gasteiger partial charge on any atom is -0.479 e. The van der Waals surface area contributed by atoms with Crippen LogP contribution in [-0.4, -0.2) is 36.7 Å². The Kier molecular flexibility index (Phi) is 4.28. The lowest BCUT2D eigenvalue weighted by atomic mass is 10.1. The molecule has 0 unspecified atom stereocenters. The predicted molar refractivity (Wildman–Crippen MR) is 74.2 cm³/mol. The van der Waals surface area contributed by atoms with Gasteiger partial charge in [0.2, 0.25) is 5.82 Å². The predicted octanol–water partition coefficient (Wildman–Crippen LogP) is 1.76. The van der Waals surface area contributed by atoms with E-state index in [-0.39, 0.29) is 11.3 Å². The van der Waals surface area contributed by atoms with Crippen LogP contribution in [0.4, 0.5) is 18.9 Å². The van der Waals surface area contributed by atoms with Crippen molar-refractivity contribution in [2.45, 2.75) is 25.6 Å². The number of carbonyl (C=O) groups is 2. The Hall–Kier alpha value is -2.98. The van der Waals surface area contributed by atoms with Crippen LogP contribution in [0.25, 0.3) is 0 Å². The lowest BCUT2D eigenvalue weighted by Gasteiger charge is -2.19. The SMILES string of the molecule is CC(C)(C(=O)O)n1cc(NC(=O)c2cnc(C(F)(F)F)nc2)cn1. The molecule has 0 aliphatic carbocycles. The van der Waals surface area contributed by atoms with Crippen LogP contribution < -0.4 is 5.32 Å². The van der Waals surface area contributed by atoms with Crippen molar-refractivity contribution in [2.24, 2.45) is 0 Å². The summed E-state index contributed by atoms with van der Waals surface area (Å²) in [6, 6.07) is 0. The van der Waals surface area contributed by atoms with Crippen LogP contribution in [0.15, 0.2) is 24.8 Å². The van der Waals surface area contributed by atoms with Gasteiger partial charge in [0.05, 0.1) is 17.4 Å². The van der Waals surface area contributed by atoms with Gasteiger partial charge in [0.1, 0.15) is 0 Å². The van der Waals surface area contributed by atoms with Gasteiger partial charge in [0, 0.05) is 18.6 Å². The number of hydrogen-bond acceptors (Lipinski definition) is 5. The molecule has 2 N–H and O–H groups in total. The molecule has 0 aliphatic rings. The van der Waals surface area contributed by atoms with Crippen LogP contribution in [0.2, 0.25) is 0 Å². The number of halogens is 3. The summed E-state index contributed by atoms with van der Waals surface area (Å²) in [6.45, 7) is 2.83.